The molecule has 0 amide bonds. The van der Waals surface area contributed by atoms with Gasteiger partial charge in [-0.05, 0) is 37.1 Å². The number of aliphatic carboxylic acids is 1. The molecule has 0 saturated carbocycles. The smallest absolute Gasteiger partial charge is 0.312 e. The monoisotopic (exact) mass is 395 g/mol. The Kier molecular flexibility index (Phi) is 4.54. The third kappa shape index (κ3) is 2.95. The Morgan fingerprint density at radius 1 is 1.04 bits per heavy atom. The van der Waals surface area contributed by atoms with Crippen LogP contribution in [0.2, 0.25) is 5.02 Å². The second kappa shape index (κ2) is 6.87. The summed E-state index contributed by atoms with van der Waals surface area (Å²) < 4.78 is 2.09. The molecule has 0 aliphatic heterocycles. The van der Waals surface area contributed by atoms with Gasteiger partial charge >= 0.3 is 5.97 Å². The van der Waals surface area contributed by atoms with Crippen LogP contribution >= 0.6 is 22.9 Å². The van der Waals surface area contributed by atoms with Crippen molar-refractivity contribution in [2.45, 2.75) is 19.8 Å². The van der Waals surface area contributed by atoms with Gasteiger partial charge in [0.25, 0.3) is 0 Å². The van der Waals surface area contributed by atoms with Crippen molar-refractivity contribution in [1.29, 1.82) is 0 Å². The number of aromatic nitrogens is 1. The summed E-state index contributed by atoms with van der Waals surface area (Å²) in [5.41, 5.74) is 5.91. The Morgan fingerprint density at radius 3 is 2.30 bits per heavy atom. The summed E-state index contributed by atoms with van der Waals surface area (Å²) in [6.45, 7) is 3.76. The van der Waals surface area contributed by atoms with Gasteiger partial charge in [0.05, 0.1) is 5.92 Å². The number of carboxylic acids is 1. The standard InChI is InChI=1S/C22H18ClNO2S/c1-13-12-27-21-19(15-6-4-3-5-7-15)18(16-8-10-17(23)11-9-16)20(24(13)21)14(2)22(25)26/h3-12,14H,1-2H3,(H,25,26). The second-order valence-corrected chi connectivity index (χ2v) is 7.88. The largest absolute Gasteiger partial charge is 0.481 e. The van der Waals surface area contributed by atoms with Crippen molar-refractivity contribution in [3.8, 4) is 22.3 Å². The van der Waals surface area contributed by atoms with Crippen molar-refractivity contribution in [3.05, 3.63) is 76.4 Å². The van der Waals surface area contributed by atoms with Gasteiger partial charge in [0, 0.05) is 32.9 Å². The molecule has 0 spiro atoms. The van der Waals surface area contributed by atoms with Gasteiger partial charge < -0.3 is 9.51 Å². The quantitative estimate of drug-likeness (QED) is 0.429. The van der Waals surface area contributed by atoms with E-state index in [0.717, 1.165) is 38.5 Å². The first-order chi connectivity index (χ1) is 13.0. The van der Waals surface area contributed by atoms with Crippen molar-refractivity contribution < 1.29 is 9.90 Å². The SMILES string of the molecule is Cc1csc2c(-c3ccccc3)c(-c3ccc(Cl)cc3)c(C(C)C(=O)O)n12. The molecule has 4 aromatic rings. The van der Waals surface area contributed by atoms with Crippen LogP contribution in [-0.4, -0.2) is 15.5 Å². The minimum atomic E-state index is -0.838. The van der Waals surface area contributed by atoms with Crippen molar-refractivity contribution in [2.24, 2.45) is 0 Å². The maximum atomic E-state index is 11.9. The maximum absolute atomic E-state index is 11.9. The lowest BCUT2D eigenvalue weighted by Crippen LogP contribution is -2.11. The predicted molar refractivity (Wildman–Crippen MR) is 112 cm³/mol. The Balaban J connectivity index is 2.16. The third-order valence-electron chi connectivity index (χ3n) is 4.83. The fourth-order valence-corrected chi connectivity index (χ4v) is 4.73. The van der Waals surface area contributed by atoms with Gasteiger partial charge in [-0.2, -0.15) is 0 Å². The molecule has 1 atom stereocenters. The van der Waals surface area contributed by atoms with Crippen LogP contribution in [-0.2, 0) is 4.79 Å². The van der Waals surface area contributed by atoms with Crippen LogP contribution in [0.1, 0.15) is 24.2 Å². The zero-order valence-corrected chi connectivity index (χ0v) is 16.5. The van der Waals surface area contributed by atoms with E-state index >= 15 is 0 Å². The lowest BCUT2D eigenvalue weighted by atomic mass is 9.92. The van der Waals surface area contributed by atoms with Crippen LogP contribution in [0.15, 0.2) is 60.0 Å². The van der Waals surface area contributed by atoms with Crippen LogP contribution in [0, 0.1) is 6.92 Å². The van der Waals surface area contributed by atoms with E-state index in [-0.39, 0.29) is 0 Å². The van der Waals surface area contributed by atoms with Crippen LogP contribution in [0.25, 0.3) is 27.1 Å². The molecule has 0 aliphatic carbocycles. The highest BCUT2D eigenvalue weighted by atomic mass is 35.5. The lowest BCUT2D eigenvalue weighted by Gasteiger charge is -2.13. The van der Waals surface area contributed by atoms with Crippen molar-refractivity contribution in [2.75, 3.05) is 0 Å². The number of fused-ring (bicyclic) bond motifs is 1. The lowest BCUT2D eigenvalue weighted by molar-refractivity contribution is -0.138. The summed E-state index contributed by atoms with van der Waals surface area (Å²) >= 11 is 7.74. The van der Waals surface area contributed by atoms with Gasteiger partial charge in [-0.25, -0.2) is 0 Å². The highest BCUT2D eigenvalue weighted by Gasteiger charge is 2.29. The van der Waals surface area contributed by atoms with Gasteiger partial charge in [-0.3, -0.25) is 4.79 Å². The molecule has 2 aromatic heterocycles. The zero-order valence-electron chi connectivity index (χ0n) is 14.9. The molecular formula is C22H18ClNO2S. The van der Waals surface area contributed by atoms with Gasteiger partial charge in [-0.15, -0.1) is 11.3 Å². The van der Waals surface area contributed by atoms with Crippen LogP contribution < -0.4 is 0 Å². The topological polar surface area (TPSA) is 41.7 Å². The van der Waals surface area contributed by atoms with E-state index < -0.39 is 11.9 Å². The number of rotatable bonds is 4. The first kappa shape index (κ1) is 17.8. The Labute approximate surface area is 166 Å². The summed E-state index contributed by atoms with van der Waals surface area (Å²) in [6, 6.07) is 17.7. The van der Waals surface area contributed by atoms with Crippen molar-refractivity contribution in [3.63, 3.8) is 0 Å². The normalized spacial score (nSPS) is 12.4. The number of carboxylic acid groups (broad SMARTS) is 1. The molecule has 0 bridgehead atoms. The average molecular weight is 396 g/mol. The number of benzene rings is 2. The fraction of sp³-hybridized carbons (Fsp3) is 0.136. The van der Waals surface area contributed by atoms with Crippen LogP contribution in [0.4, 0.5) is 0 Å². The fourth-order valence-electron chi connectivity index (χ4n) is 3.53. The number of nitrogens with zero attached hydrogens (tertiary/aromatic N) is 1. The maximum Gasteiger partial charge on any atom is 0.312 e. The molecule has 27 heavy (non-hydrogen) atoms. The second-order valence-electron chi connectivity index (χ2n) is 6.59. The van der Waals surface area contributed by atoms with E-state index in [1.165, 1.54) is 0 Å². The van der Waals surface area contributed by atoms with Crippen molar-refractivity contribution in [1.82, 2.24) is 4.40 Å². The zero-order chi connectivity index (χ0) is 19.1. The Morgan fingerprint density at radius 2 is 1.67 bits per heavy atom. The minimum Gasteiger partial charge on any atom is -0.481 e. The average Bonchev–Trinajstić information content (AvgIpc) is 3.20. The molecule has 2 heterocycles. The number of hydrogen-bond donors (Lipinski definition) is 1. The van der Waals surface area contributed by atoms with Gasteiger partial charge in [0.2, 0.25) is 0 Å². The summed E-state index contributed by atoms with van der Waals surface area (Å²) in [5, 5.41) is 12.5. The molecule has 136 valence electrons. The third-order valence-corrected chi connectivity index (χ3v) is 6.15. The van der Waals surface area contributed by atoms with Crippen LogP contribution in [0.5, 0.6) is 0 Å². The van der Waals surface area contributed by atoms with Gasteiger partial charge in [0.15, 0.2) is 0 Å². The van der Waals surface area contributed by atoms with E-state index in [2.05, 4.69) is 21.9 Å². The Bertz CT molecular complexity index is 1130. The number of aryl methyl sites for hydroxylation is 1. The molecule has 0 radical (unpaired) electrons. The van der Waals surface area contributed by atoms with E-state index in [9.17, 15) is 9.90 Å². The van der Waals surface area contributed by atoms with E-state index in [4.69, 9.17) is 11.6 Å². The minimum absolute atomic E-state index is 0.644. The molecule has 4 rings (SSSR count). The number of carbonyl (C=O) groups is 1. The number of thiazole rings is 1. The molecule has 1 unspecified atom stereocenters. The molecule has 0 fully saturated rings. The highest BCUT2D eigenvalue weighted by molar-refractivity contribution is 7.16. The predicted octanol–water partition coefficient (Wildman–Crippen LogP) is 6.48. The molecule has 0 aliphatic rings. The highest BCUT2D eigenvalue weighted by Crippen LogP contribution is 2.45. The first-order valence-corrected chi connectivity index (χ1v) is 9.91. The summed E-state index contributed by atoms with van der Waals surface area (Å²) in [6.07, 6.45) is 0. The first-order valence-electron chi connectivity index (χ1n) is 8.65. The molecule has 1 N–H and O–H groups in total. The summed E-state index contributed by atoms with van der Waals surface area (Å²) in [5.74, 6) is -1.48. The van der Waals surface area contributed by atoms with E-state index in [1.54, 1.807) is 18.3 Å². The van der Waals surface area contributed by atoms with E-state index in [1.807, 2.05) is 49.4 Å². The summed E-state index contributed by atoms with van der Waals surface area (Å²) in [7, 11) is 0. The molecule has 3 nitrogen and oxygen atoms in total. The molecule has 5 heteroatoms. The van der Waals surface area contributed by atoms with Gasteiger partial charge in [0.1, 0.15) is 4.83 Å². The molecule has 0 saturated heterocycles. The number of halogens is 1. The van der Waals surface area contributed by atoms with Crippen molar-refractivity contribution >= 4 is 33.7 Å². The Hall–Kier alpha value is -2.56. The number of hydrogen-bond acceptors (Lipinski definition) is 2. The van der Waals surface area contributed by atoms with Crippen LogP contribution in [0.3, 0.4) is 0 Å². The molecular weight excluding hydrogens is 378 g/mol. The molecule has 2 aromatic carbocycles. The van der Waals surface area contributed by atoms with Gasteiger partial charge in [-0.1, -0.05) is 54.1 Å². The van der Waals surface area contributed by atoms with E-state index in [0.29, 0.717) is 5.02 Å². The summed E-state index contributed by atoms with van der Waals surface area (Å²) in [4.78, 5) is 13.0.